The molecular weight excluding hydrogens is 249 g/mol. The van der Waals surface area contributed by atoms with Gasteiger partial charge in [-0.3, -0.25) is 4.79 Å². The van der Waals surface area contributed by atoms with Crippen LogP contribution in [0.4, 0.5) is 13.2 Å². The summed E-state index contributed by atoms with van der Waals surface area (Å²) in [5, 5.41) is 8.78. The van der Waals surface area contributed by atoms with Crippen LogP contribution in [0.25, 0.3) is 0 Å². The first kappa shape index (κ1) is 12.7. The van der Waals surface area contributed by atoms with Crippen molar-refractivity contribution in [1.29, 1.82) is 0 Å². The molecule has 0 heterocycles. The van der Waals surface area contributed by atoms with Crippen molar-refractivity contribution in [3.05, 3.63) is 29.3 Å². The molecule has 2 rings (SSSR count). The highest BCUT2D eigenvalue weighted by Crippen LogP contribution is 2.49. The maximum Gasteiger partial charge on any atom is 0.419 e. The summed E-state index contributed by atoms with van der Waals surface area (Å²) in [5.41, 5.74) is -0.270. The zero-order chi connectivity index (χ0) is 13.5. The van der Waals surface area contributed by atoms with Crippen molar-refractivity contribution >= 4 is 5.97 Å². The number of halogens is 3. The van der Waals surface area contributed by atoms with Gasteiger partial charge in [-0.1, -0.05) is 6.07 Å². The second-order valence-electron chi connectivity index (χ2n) is 4.24. The smallest absolute Gasteiger partial charge is 0.419 e. The van der Waals surface area contributed by atoms with Crippen molar-refractivity contribution in [3.63, 3.8) is 0 Å². The molecule has 0 bridgehead atoms. The Kier molecular flexibility index (Phi) is 2.96. The first-order valence-electron chi connectivity index (χ1n) is 5.32. The van der Waals surface area contributed by atoms with E-state index in [1.54, 1.807) is 0 Å². The second kappa shape index (κ2) is 4.19. The fourth-order valence-electron chi connectivity index (χ4n) is 2.01. The molecule has 1 saturated carbocycles. The Labute approximate surface area is 101 Å². The molecule has 0 amide bonds. The minimum absolute atomic E-state index is 0.210. The van der Waals surface area contributed by atoms with Crippen LogP contribution in [-0.2, 0) is 11.0 Å². The Hall–Kier alpha value is -1.72. The number of carboxylic acids is 1. The van der Waals surface area contributed by atoms with E-state index in [9.17, 15) is 18.0 Å². The van der Waals surface area contributed by atoms with Gasteiger partial charge in [0.05, 0.1) is 18.6 Å². The summed E-state index contributed by atoms with van der Waals surface area (Å²) in [7, 11) is 1.16. The van der Waals surface area contributed by atoms with Gasteiger partial charge in [0.1, 0.15) is 5.75 Å². The van der Waals surface area contributed by atoms with E-state index in [0.29, 0.717) is 12.0 Å². The highest BCUT2D eigenvalue weighted by molar-refractivity contribution is 5.75. The van der Waals surface area contributed by atoms with Crippen LogP contribution in [0.1, 0.15) is 23.5 Å². The predicted octanol–water partition coefficient (Wildman–Crippen LogP) is 2.90. The third-order valence-electron chi connectivity index (χ3n) is 3.07. The molecule has 1 aromatic rings. The van der Waals surface area contributed by atoms with E-state index >= 15 is 0 Å². The second-order valence-corrected chi connectivity index (χ2v) is 4.24. The lowest BCUT2D eigenvalue weighted by Gasteiger charge is -2.13. The van der Waals surface area contributed by atoms with Crippen molar-refractivity contribution in [1.82, 2.24) is 0 Å². The Morgan fingerprint density at radius 2 is 2.11 bits per heavy atom. The number of rotatable bonds is 3. The van der Waals surface area contributed by atoms with E-state index in [1.165, 1.54) is 12.1 Å². The molecule has 3 nitrogen and oxygen atoms in total. The van der Waals surface area contributed by atoms with Crippen molar-refractivity contribution in [2.45, 2.75) is 18.5 Å². The number of carboxylic acid groups (broad SMARTS) is 1. The third-order valence-corrected chi connectivity index (χ3v) is 3.07. The first-order chi connectivity index (χ1) is 8.34. The van der Waals surface area contributed by atoms with Crippen molar-refractivity contribution < 1.29 is 27.8 Å². The van der Waals surface area contributed by atoms with Gasteiger partial charge in [0.2, 0.25) is 0 Å². The minimum Gasteiger partial charge on any atom is -0.496 e. The molecule has 0 aromatic heterocycles. The highest BCUT2D eigenvalue weighted by Gasteiger charge is 2.45. The molecule has 1 fully saturated rings. The Balaban J connectivity index is 2.29. The number of aliphatic carboxylic acids is 1. The fourth-order valence-corrected chi connectivity index (χ4v) is 2.01. The summed E-state index contributed by atoms with van der Waals surface area (Å²) in [4.78, 5) is 10.7. The standard InChI is InChI=1S/C12H11F3O3/c1-18-10-4-6(7-5-8(7)11(16)17)2-3-9(10)12(13,14)15/h2-4,7-8H,5H2,1H3,(H,16,17). The maximum absolute atomic E-state index is 12.6. The summed E-state index contributed by atoms with van der Waals surface area (Å²) in [6, 6.07) is 3.53. The van der Waals surface area contributed by atoms with E-state index in [0.717, 1.165) is 13.2 Å². The zero-order valence-corrected chi connectivity index (χ0v) is 9.49. The summed E-state index contributed by atoms with van der Waals surface area (Å²) in [6.45, 7) is 0. The lowest BCUT2D eigenvalue weighted by atomic mass is 10.1. The van der Waals surface area contributed by atoms with Crippen LogP contribution < -0.4 is 4.74 Å². The Morgan fingerprint density at radius 3 is 2.56 bits per heavy atom. The number of methoxy groups -OCH3 is 1. The molecule has 2 atom stereocenters. The molecule has 6 heteroatoms. The summed E-state index contributed by atoms with van der Waals surface area (Å²) in [6.07, 6.45) is -4.01. The molecule has 2 unspecified atom stereocenters. The van der Waals surface area contributed by atoms with Gasteiger partial charge in [0.25, 0.3) is 0 Å². The summed E-state index contributed by atoms with van der Waals surface area (Å²) < 4.78 is 42.6. The van der Waals surface area contributed by atoms with Crippen LogP contribution in [0, 0.1) is 5.92 Å². The SMILES string of the molecule is COc1cc(C2CC2C(=O)O)ccc1C(F)(F)F. The number of hydrogen-bond acceptors (Lipinski definition) is 2. The van der Waals surface area contributed by atoms with Crippen LogP contribution in [0.5, 0.6) is 5.75 Å². The Morgan fingerprint density at radius 1 is 1.44 bits per heavy atom. The average Bonchev–Trinajstić information content (AvgIpc) is 3.06. The molecule has 18 heavy (non-hydrogen) atoms. The van der Waals surface area contributed by atoms with Crippen LogP contribution in [0.15, 0.2) is 18.2 Å². The van der Waals surface area contributed by atoms with Crippen molar-refractivity contribution in [2.75, 3.05) is 7.11 Å². The number of benzene rings is 1. The van der Waals surface area contributed by atoms with E-state index < -0.39 is 23.6 Å². The molecule has 0 saturated heterocycles. The summed E-state index contributed by atoms with van der Waals surface area (Å²) >= 11 is 0. The van der Waals surface area contributed by atoms with Gasteiger partial charge in [-0.05, 0) is 30.0 Å². The normalized spacial score (nSPS) is 22.7. The van der Waals surface area contributed by atoms with Crippen LogP contribution in [-0.4, -0.2) is 18.2 Å². The zero-order valence-electron chi connectivity index (χ0n) is 9.49. The van der Waals surface area contributed by atoms with E-state index in [4.69, 9.17) is 9.84 Å². The first-order valence-corrected chi connectivity index (χ1v) is 5.32. The van der Waals surface area contributed by atoms with Gasteiger partial charge >= 0.3 is 12.1 Å². The molecule has 0 aliphatic heterocycles. The molecule has 0 spiro atoms. The minimum atomic E-state index is -4.47. The van der Waals surface area contributed by atoms with Crippen molar-refractivity contribution in [2.24, 2.45) is 5.92 Å². The van der Waals surface area contributed by atoms with E-state index in [-0.39, 0.29) is 11.7 Å². The van der Waals surface area contributed by atoms with Gasteiger partial charge in [0.15, 0.2) is 0 Å². The van der Waals surface area contributed by atoms with Crippen LogP contribution in [0.2, 0.25) is 0 Å². The lowest BCUT2D eigenvalue weighted by molar-refractivity contribution is -0.139. The maximum atomic E-state index is 12.6. The molecular formula is C12H11F3O3. The van der Waals surface area contributed by atoms with Gasteiger partial charge in [-0.25, -0.2) is 0 Å². The topological polar surface area (TPSA) is 46.5 Å². The highest BCUT2D eigenvalue weighted by atomic mass is 19.4. The number of carbonyl (C=O) groups is 1. The van der Waals surface area contributed by atoms with Gasteiger partial charge in [-0.2, -0.15) is 13.2 Å². The predicted molar refractivity (Wildman–Crippen MR) is 56.5 cm³/mol. The fraction of sp³-hybridized carbons (Fsp3) is 0.417. The quantitative estimate of drug-likeness (QED) is 0.908. The molecule has 98 valence electrons. The third kappa shape index (κ3) is 2.27. The molecule has 1 aliphatic rings. The van der Waals surface area contributed by atoms with E-state index in [1.807, 2.05) is 0 Å². The number of ether oxygens (including phenoxy) is 1. The van der Waals surface area contributed by atoms with Crippen molar-refractivity contribution in [3.8, 4) is 5.75 Å². The lowest BCUT2D eigenvalue weighted by Crippen LogP contribution is -2.08. The van der Waals surface area contributed by atoms with Crippen LogP contribution >= 0.6 is 0 Å². The van der Waals surface area contributed by atoms with Gasteiger partial charge in [0, 0.05) is 0 Å². The van der Waals surface area contributed by atoms with Gasteiger partial charge in [-0.15, -0.1) is 0 Å². The monoisotopic (exact) mass is 260 g/mol. The van der Waals surface area contributed by atoms with Crippen LogP contribution in [0.3, 0.4) is 0 Å². The average molecular weight is 260 g/mol. The number of alkyl halides is 3. The molecule has 1 aliphatic carbocycles. The van der Waals surface area contributed by atoms with E-state index in [2.05, 4.69) is 0 Å². The Bertz CT molecular complexity index is 482. The molecule has 0 radical (unpaired) electrons. The number of hydrogen-bond donors (Lipinski definition) is 1. The molecule has 1 N–H and O–H groups in total. The van der Waals surface area contributed by atoms with Gasteiger partial charge < -0.3 is 9.84 Å². The molecule has 1 aromatic carbocycles. The summed E-state index contributed by atoms with van der Waals surface area (Å²) in [5.74, 6) is -1.89. The largest absolute Gasteiger partial charge is 0.496 e.